The molecule has 3 aromatic rings. The molecule has 0 atom stereocenters. The van der Waals surface area contributed by atoms with E-state index in [-0.39, 0.29) is 17.3 Å². The lowest BCUT2D eigenvalue weighted by Crippen LogP contribution is -2.19. The van der Waals surface area contributed by atoms with Gasteiger partial charge in [0.2, 0.25) is 11.6 Å². The van der Waals surface area contributed by atoms with Gasteiger partial charge in [0.15, 0.2) is 5.69 Å². The minimum Gasteiger partial charge on any atom is -0.495 e. The van der Waals surface area contributed by atoms with Crippen LogP contribution in [0, 0.1) is 6.92 Å². The van der Waals surface area contributed by atoms with Gasteiger partial charge in [-0.25, -0.2) is 10.1 Å². The van der Waals surface area contributed by atoms with Gasteiger partial charge in [-0.3, -0.25) is 4.79 Å². The lowest BCUT2D eigenvalue weighted by molar-refractivity contribution is 0.0949. The molecule has 0 saturated carbocycles. The van der Waals surface area contributed by atoms with Crippen LogP contribution in [-0.4, -0.2) is 44.5 Å². The Morgan fingerprint density at radius 2 is 2.19 bits per heavy atom. The number of nitrogens with zero attached hydrogens (tertiary/aromatic N) is 6. The first-order chi connectivity index (χ1) is 12.9. The van der Waals surface area contributed by atoms with Crippen LogP contribution in [0.25, 0.3) is 5.82 Å². The number of hydrogen-bond acceptors (Lipinski definition) is 9. The molecule has 0 aliphatic heterocycles. The number of methoxy groups -OCH3 is 1. The quantitative estimate of drug-likeness (QED) is 0.476. The second-order valence-electron chi connectivity index (χ2n) is 5.12. The number of nitrogen functional groups attached to an aromatic ring is 1. The third-order valence-corrected chi connectivity index (χ3v) is 3.92. The van der Waals surface area contributed by atoms with E-state index in [4.69, 9.17) is 33.7 Å². The molecule has 0 spiro atoms. The minimum absolute atomic E-state index is 0.0120. The fraction of sp³-hybridized carbons (Fsp3) is 0.143. The van der Waals surface area contributed by atoms with Crippen molar-refractivity contribution >= 4 is 41.1 Å². The molecule has 11 nitrogen and oxygen atoms in total. The van der Waals surface area contributed by atoms with Crippen molar-refractivity contribution < 1.29 is 14.2 Å². The first kappa shape index (κ1) is 18.6. The molecule has 0 unspecified atom stereocenters. The highest BCUT2D eigenvalue weighted by Crippen LogP contribution is 2.31. The van der Waals surface area contributed by atoms with E-state index in [1.54, 1.807) is 13.0 Å². The normalized spacial score (nSPS) is 11.1. The molecule has 1 aromatic carbocycles. The van der Waals surface area contributed by atoms with E-state index >= 15 is 0 Å². The predicted molar refractivity (Wildman–Crippen MR) is 96.4 cm³/mol. The first-order valence-electron chi connectivity index (χ1n) is 7.29. The van der Waals surface area contributed by atoms with Gasteiger partial charge in [-0.1, -0.05) is 28.4 Å². The molecule has 0 aliphatic rings. The topological polar surface area (TPSA) is 146 Å². The van der Waals surface area contributed by atoms with Crippen LogP contribution in [0.1, 0.15) is 21.7 Å². The number of anilines is 1. The van der Waals surface area contributed by atoms with Crippen molar-refractivity contribution in [3.63, 3.8) is 0 Å². The number of carbonyl (C=O) groups excluding carboxylic acids is 1. The molecule has 0 saturated heterocycles. The average Bonchev–Trinajstić information content (AvgIpc) is 3.19. The van der Waals surface area contributed by atoms with Gasteiger partial charge >= 0.3 is 0 Å². The van der Waals surface area contributed by atoms with Crippen molar-refractivity contribution in [3.05, 3.63) is 39.1 Å². The summed E-state index contributed by atoms with van der Waals surface area (Å²) >= 11 is 12.0. The van der Waals surface area contributed by atoms with Crippen LogP contribution >= 0.6 is 23.2 Å². The summed E-state index contributed by atoms with van der Waals surface area (Å²) in [7, 11) is 1.46. The van der Waals surface area contributed by atoms with Gasteiger partial charge in [-0.15, -0.1) is 5.10 Å². The van der Waals surface area contributed by atoms with Crippen LogP contribution in [-0.2, 0) is 0 Å². The van der Waals surface area contributed by atoms with Gasteiger partial charge in [0, 0.05) is 10.6 Å². The highest BCUT2D eigenvalue weighted by molar-refractivity contribution is 6.36. The summed E-state index contributed by atoms with van der Waals surface area (Å²) in [6.07, 6.45) is 1.34. The SMILES string of the molecule is COc1c(Cl)cc(Cl)cc1/C=N\NC(=O)c1nnn(-c2nonc2N)c1C. The van der Waals surface area contributed by atoms with Crippen molar-refractivity contribution in [2.24, 2.45) is 5.10 Å². The summed E-state index contributed by atoms with van der Waals surface area (Å²) in [5, 5.41) is 19.2. The Kier molecular flexibility index (Phi) is 5.23. The zero-order valence-electron chi connectivity index (χ0n) is 14.0. The van der Waals surface area contributed by atoms with Crippen LogP contribution in [0.5, 0.6) is 5.75 Å². The van der Waals surface area contributed by atoms with Gasteiger partial charge in [-0.05, 0) is 29.4 Å². The molecular formula is C14H12Cl2N8O3. The van der Waals surface area contributed by atoms with Crippen molar-refractivity contribution in [2.75, 3.05) is 12.8 Å². The summed E-state index contributed by atoms with van der Waals surface area (Å²) < 4.78 is 10.9. The number of nitrogens with one attached hydrogen (secondary N) is 1. The Bertz CT molecular complexity index is 1030. The lowest BCUT2D eigenvalue weighted by Gasteiger charge is -2.07. The van der Waals surface area contributed by atoms with Gasteiger partial charge in [-0.2, -0.15) is 9.78 Å². The Balaban J connectivity index is 1.79. The molecule has 3 N–H and O–H groups in total. The fourth-order valence-corrected chi connectivity index (χ4v) is 2.77. The van der Waals surface area contributed by atoms with E-state index in [1.165, 1.54) is 24.1 Å². The Hall–Kier alpha value is -3.18. The second-order valence-corrected chi connectivity index (χ2v) is 5.96. The van der Waals surface area contributed by atoms with Crippen LogP contribution < -0.4 is 15.9 Å². The van der Waals surface area contributed by atoms with Gasteiger partial charge in [0.05, 0.1) is 24.0 Å². The summed E-state index contributed by atoms with van der Waals surface area (Å²) in [5.74, 6) is -0.0916. The van der Waals surface area contributed by atoms with Crippen LogP contribution in [0.4, 0.5) is 5.82 Å². The van der Waals surface area contributed by atoms with E-state index in [0.29, 0.717) is 27.1 Å². The maximum atomic E-state index is 12.3. The molecular weight excluding hydrogens is 399 g/mol. The molecule has 1 amide bonds. The van der Waals surface area contributed by atoms with Crippen LogP contribution in [0.2, 0.25) is 10.0 Å². The molecule has 3 rings (SSSR count). The molecule has 13 heteroatoms. The molecule has 0 fully saturated rings. The van der Waals surface area contributed by atoms with Crippen LogP contribution in [0.3, 0.4) is 0 Å². The smallest absolute Gasteiger partial charge is 0.293 e. The number of aromatic nitrogens is 5. The van der Waals surface area contributed by atoms with Crippen molar-refractivity contribution in [2.45, 2.75) is 6.92 Å². The number of ether oxygens (including phenoxy) is 1. The molecule has 0 radical (unpaired) electrons. The van der Waals surface area contributed by atoms with E-state index in [1.807, 2.05) is 0 Å². The standard InChI is InChI=1S/C14H12Cl2N8O3/c1-6-10(19-23-24(6)13-12(17)21-27-22-13)14(25)20-18-5-7-3-8(15)4-9(16)11(7)26-2/h3-5H,1-2H3,(H2,17,21)(H,20,25)/b18-5-. The van der Waals surface area contributed by atoms with Crippen molar-refractivity contribution in [1.82, 2.24) is 30.7 Å². The Morgan fingerprint density at radius 1 is 1.41 bits per heavy atom. The number of amides is 1. The van der Waals surface area contributed by atoms with E-state index in [2.05, 4.69) is 35.8 Å². The van der Waals surface area contributed by atoms with E-state index in [0.717, 1.165) is 0 Å². The highest BCUT2D eigenvalue weighted by Gasteiger charge is 2.20. The Morgan fingerprint density at radius 3 is 2.85 bits per heavy atom. The average molecular weight is 411 g/mol. The zero-order chi connectivity index (χ0) is 19.6. The molecule has 0 aliphatic carbocycles. The summed E-state index contributed by atoms with van der Waals surface area (Å²) in [5.41, 5.74) is 8.82. The number of nitrogens with two attached hydrogens (primary N) is 1. The third kappa shape index (κ3) is 3.68. The van der Waals surface area contributed by atoms with Crippen LogP contribution in [0.15, 0.2) is 21.9 Å². The number of halogens is 2. The highest BCUT2D eigenvalue weighted by atomic mass is 35.5. The Labute approximate surface area is 162 Å². The largest absolute Gasteiger partial charge is 0.495 e. The zero-order valence-corrected chi connectivity index (χ0v) is 15.5. The molecule has 0 bridgehead atoms. The summed E-state index contributed by atoms with van der Waals surface area (Å²) in [4.78, 5) is 12.3. The first-order valence-corrected chi connectivity index (χ1v) is 8.05. The third-order valence-electron chi connectivity index (χ3n) is 3.42. The number of hydrogen-bond donors (Lipinski definition) is 2. The van der Waals surface area contributed by atoms with Crippen molar-refractivity contribution in [1.29, 1.82) is 0 Å². The number of benzene rings is 1. The number of hydrazone groups is 1. The summed E-state index contributed by atoms with van der Waals surface area (Å²) in [6.45, 7) is 1.60. The molecule has 27 heavy (non-hydrogen) atoms. The van der Waals surface area contributed by atoms with Gasteiger partial charge < -0.3 is 10.5 Å². The van der Waals surface area contributed by atoms with E-state index < -0.39 is 5.91 Å². The van der Waals surface area contributed by atoms with Gasteiger partial charge in [0.1, 0.15) is 5.75 Å². The number of rotatable bonds is 5. The van der Waals surface area contributed by atoms with E-state index in [9.17, 15) is 4.79 Å². The monoisotopic (exact) mass is 410 g/mol. The molecule has 140 valence electrons. The lowest BCUT2D eigenvalue weighted by atomic mass is 10.2. The minimum atomic E-state index is -0.600. The van der Waals surface area contributed by atoms with Gasteiger partial charge in [0.25, 0.3) is 5.91 Å². The second kappa shape index (κ2) is 7.60. The fourth-order valence-electron chi connectivity index (χ4n) is 2.18. The number of carbonyl (C=O) groups is 1. The molecule has 2 heterocycles. The maximum absolute atomic E-state index is 12.3. The maximum Gasteiger partial charge on any atom is 0.293 e. The molecule has 2 aromatic heterocycles. The summed E-state index contributed by atoms with van der Waals surface area (Å²) in [6, 6.07) is 3.12. The predicted octanol–water partition coefficient (Wildman–Crippen LogP) is 1.62. The van der Waals surface area contributed by atoms with Crippen molar-refractivity contribution in [3.8, 4) is 11.6 Å².